The number of likely N-dealkylation sites (tertiary alicyclic amines) is 1. The molecule has 86 valence electrons. The van der Waals surface area contributed by atoms with Crippen LogP contribution in [0.4, 0.5) is 0 Å². The lowest BCUT2D eigenvalue weighted by molar-refractivity contribution is 0.309. The van der Waals surface area contributed by atoms with E-state index >= 15 is 0 Å². The average Bonchev–Trinajstić information content (AvgIpc) is 2.72. The van der Waals surface area contributed by atoms with Crippen molar-refractivity contribution in [3.8, 4) is 0 Å². The zero-order chi connectivity index (χ0) is 10.8. The molecule has 4 nitrogen and oxygen atoms in total. The third kappa shape index (κ3) is 2.08. The van der Waals surface area contributed by atoms with Crippen LogP contribution in [-0.2, 0) is 6.54 Å². The maximum absolute atomic E-state index is 4.29. The quantitative estimate of drug-likeness (QED) is 0.792. The van der Waals surface area contributed by atoms with Gasteiger partial charge in [0.2, 0.25) is 0 Å². The summed E-state index contributed by atoms with van der Waals surface area (Å²) < 4.78 is 0. The number of nitrogens with one attached hydrogen (secondary N) is 1. The monoisotopic (exact) mass is 218 g/mol. The van der Waals surface area contributed by atoms with Gasteiger partial charge in [-0.05, 0) is 31.4 Å². The second-order valence-corrected chi connectivity index (χ2v) is 4.86. The van der Waals surface area contributed by atoms with Crippen LogP contribution in [0, 0.1) is 5.92 Å². The van der Waals surface area contributed by atoms with Gasteiger partial charge in [0.05, 0.1) is 5.69 Å². The summed E-state index contributed by atoms with van der Waals surface area (Å²) in [4.78, 5) is 10.7. The molecule has 2 fully saturated rings. The van der Waals surface area contributed by atoms with E-state index in [1.54, 1.807) is 6.33 Å². The van der Waals surface area contributed by atoms with Gasteiger partial charge >= 0.3 is 0 Å². The standard InChI is InChI=1S/C12H18N4/c1-2-10-6-16(8-12(10)14-4-1)7-11-3-5-13-9-15-11/h3,5,9-10,12,14H,1-2,4,6-8H2/t10-,12+/m0/s1. The fourth-order valence-corrected chi connectivity index (χ4v) is 2.91. The van der Waals surface area contributed by atoms with Crippen LogP contribution in [0.3, 0.4) is 0 Å². The molecule has 0 aromatic carbocycles. The molecule has 0 unspecified atom stereocenters. The molecule has 0 spiro atoms. The molecule has 2 aliphatic rings. The molecule has 4 heteroatoms. The zero-order valence-electron chi connectivity index (χ0n) is 9.47. The fourth-order valence-electron chi connectivity index (χ4n) is 2.91. The Morgan fingerprint density at radius 1 is 1.44 bits per heavy atom. The van der Waals surface area contributed by atoms with Gasteiger partial charge in [0.25, 0.3) is 0 Å². The third-order valence-electron chi connectivity index (χ3n) is 3.70. The van der Waals surface area contributed by atoms with Gasteiger partial charge < -0.3 is 5.32 Å². The largest absolute Gasteiger partial charge is 0.312 e. The van der Waals surface area contributed by atoms with Crippen LogP contribution in [0.2, 0.25) is 0 Å². The van der Waals surface area contributed by atoms with Crippen molar-refractivity contribution in [2.75, 3.05) is 19.6 Å². The third-order valence-corrected chi connectivity index (χ3v) is 3.70. The van der Waals surface area contributed by atoms with Crippen LogP contribution in [0.1, 0.15) is 18.5 Å². The minimum atomic E-state index is 0.718. The number of rotatable bonds is 2. The Hall–Kier alpha value is -1.00. The summed E-state index contributed by atoms with van der Waals surface area (Å²) >= 11 is 0. The highest BCUT2D eigenvalue weighted by atomic mass is 15.2. The smallest absolute Gasteiger partial charge is 0.115 e. The van der Waals surface area contributed by atoms with E-state index < -0.39 is 0 Å². The summed E-state index contributed by atoms with van der Waals surface area (Å²) in [6, 6.07) is 2.73. The van der Waals surface area contributed by atoms with Crippen LogP contribution in [0.25, 0.3) is 0 Å². The highest BCUT2D eigenvalue weighted by Crippen LogP contribution is 2.25. The Morgan fingerprint density at radius 3 is 3.25 bits per heavy atom. The second kappa shape index (κ2) is 4.47. The molecular weight excluding hydrogens is 200 g/mol. The molecule has 2 saturated heterocycles. The van der Waals surface area contributed by atoms with E-state index in [0.29, 0.717) is 0 Å². The van der Waals surface area contributed by atoms with Crippen LogP contribution >= 0.6 is 0 Å². The summed E-state index contributed by atoms with van der Waals surface area (Å²) in [5.74, 6) is 0.857. The lowest BCUT2D eigenvalue weighted by Crippen LogP contribution is -2.40. The molecule has 2 aliphatic heterocycles. The predicted octanol–water partition coefficient (Wildman–Crippen LogP) is 0.660. The molecule has 0 radical (unpaired) electrons. The van der Waals surface area contributed by atoms with Crippen molar-refractivity contribution in [2.45, 2.75) is 25.4 Å². The first-order valence-electron chi connectivity index (χ1n) is 6.12. The van der Waals surface area contributed by atoms with Crippen molar-refractivity contribution in [3.63, 3.8) is 0 Å². The van der Waals surface area contributed by atoms with E-state index in [2.05, 4.69) is 20.2 Å². The average molecular weight is 218 g/mol. The second-order valence-electron chi connectivity index (χ2n) is 4.86. The molecule has 0 amide bonds. The minimum Gasteiger partial charge on any atom is -0.312 e. The fraction of sp³-hybridized carbons (Fsp3) is 0.667. The Morgan fingerprint density at radius 2 is 2.44 bits per heavy atom. The normalized spacial score (nSPS) is 30.2. The molecule has 0 bridgehead atoms. The lowest BCUT2D eigenvalue weighted by atomic mass is 9.94. The van der Waals surface area contributed by atoms with Gasteiger partial charge in [-0.2, -0.15) is 0 Å². The van der Waals surface area contributed by atoms with Crippen LogP contribution in [-0.4, -0.2) is 40.5 Å². The number of piperidine rings is 1. The van der Waals surface area contributed by atoms with E-state index in [9.17, 15) is 0 Å². The maximum atomic E-state index is 4.29. The van der Waals surface area contributed by atoms with Gasteiger partial charge in [-0.1, -0.05) is 0 Å². The first-order valence-corrected chi connectivity index (χ1v) is 6.12. The van der Waals surface area contributed by atoms with Crippen molar-refractivity contribution in [3.05, 3.63) is 24.3 Å². The number of aromatic nitrogens is 2. The van der Waals surface area contributed by atoms with Gasteiger partial charge in [0.1, 0.15) is 6.33 Å². The van der Waals surface area contributed by atoms with Gasteiger partial charge in [-0.15, -0.1) is 0 Å². The molecule has 16 heavy (non-hydrogen) atoms. The molecule has 3 rings (SSSR count). The lowest BCUT2D eigenvalue weighted by Gasteiger charge is -2.24. The van der Waals surface area contributed by atoms with Crippen molar-refractivity contribution in [2.24, 2.45) is 5.92 Å². The molecular formula is C12H18N4. The van der Waals surface area contributed by atoms with Crippen molar-refractivity contribution < 1.29 is 0 Å². The summed E-state index contributed by atoms with van der Waals surface area (Å²) in [5, 5.41) is 3.62. The molecule has 1 aromatic rings. The minimum absolute atomic E-state index is 0.718. The Bertz CT molecular complexity index is 326. The molecule has 2 atom stereocenters. The van der Waals surface area contributed by atoms with Crippen LogP contribution < -0.4 is 5.32 Å². The molecule has 0 aliphatic carbocycles. The van der Waals surface area contributed by atoms with Crippen LogP contribution in [0.5, 0.6) is 0 Å². The van der Waals surface area contributed by atoms with E-state index in [1.165, 1.54) is 32.5 Å². The molecule has 1 N–H and O–H groups in total. The number of hydrogen-bond donors (Lipinski definition) is 1. The number of hydrogen-bond acceptors (Lipinski definition) is 4. The summed E-state index contributed by atoms with van der Waals surface area (Å²) in [5.41, 5.74) is 1.13. The molecule has 0 saturated carbocycles. The predicted molar refractivity (Wildman–Crippen MR) is 61.8 cm³/mol. The summed E-state index contributed by atoms with van der Waals surface area (Å²) in [7, 11) is 0. The van der Waals surface area contributed by atoms with Gasteiger partial charge in [0.15, 0.2) is 0 Å². The highest BCUT2D eigenvalue weighted by molar-refractivity contribution is 5.00. The number of fused-ring (bicyclic) bond motifs is 1. The Labute approximate surface area is 96.1 Å². The van der Waals surface area contributed by atoms with E-state index in [0.717, 1.165) is 24.2 Å². The van der Waals surface area contributed by atoms with Crippen molar-refractivity contribution >= 4 is 0 Å². The highest BCUT2D eigenvalue weighted by Gasteiger charge is 2.33. The summed E-state index contributed by atoms with van der Waals surface area (Å²) in [6.07, 6.45) is 6.18. The van der Waals surface area contributed by atoms with E-state index in [1.807, 2.05) is 12.3 Å². The molecule has 3 heterocycles. The van der Waals surface area contributed by atoms with Gasteiger partial charge in [0, 0.05) is 31.9 Å². The van der Waals surface area contributed by atoms with E-state index in [-0.39, 0.29) is 0 Å². The zero-order valence-corrected chi connectivity index (χ0v) is 9.47. The molecule has 1 aromatic heterocycles. The van der Waals surface area contributed by atoms with Crippen molar-refractivity contribution in [1.29, 1.82) is 0 Å². The van der Waals surface area contributed by atoms with Gasteiger partial charge in [-0.25, -0.2) is 9.97 Å². The van der Waals surface area contributed by atoms with E-state index in [4.69, 9.17) is 0 Å². The van der Waals surface area contributed by atoms with Crippen LogP contribution in [0.15, 0.2) is 18.6 Å². The van der Waals surface area contributed by atoms with Crippen molar-refractivity contribution in [1.82, 2.24) is 20.2 Å². The Kier molecular flexibility index (Phi) is 2.84. The summed E-state index contributed by atoms with van der Waals surface area (Å²) in [6.45, 7) is 4.57. The number of nitrogens with zero attached hydrogens (tertiary/aromatic N) is 3. The topological polar surface area (TPSA) is 41.0 Å². The SMILES string of the molecule is c1cc(CN2C[C@@H]3CCCN[C@@H]3C2)ncn1. The first kappa shape index (κ1) is 10.2. The Balaban J connectivity index is 1.61. The first-order chi connectivity index (χ1) is 7.92. The van der Waals surface area contributed by atoms with Gasteiger partial charge in [-0.3, -0.25) is 4.90 Å². The maximum Gasteiger partial charge on any atom is 0.115 e.